The molecule has 0 fully saturated rings. The Kier molecular flexibility index (Phi) is 4.84. The van der Waals surface area contributed by atoms with Crippen LogP contribution in [0.1, 0.15) is 20.7 Å². The molecule has 0 unspecified atom stereocenters. The number of hydrogen-bond acceptors (Lipinski definition) is 4. The van der Waals surface area contributed by atoms with E-state index >= 15 is 0 Å². The Morgan fingerprint density at radius 2 is 1.18 bits per heavy atom. The summed E-state index contributed by atoms with van der Waals surface area (Å²) >= 11 is 6.90. The van der Waals surface area contributed by atoms with Crippen molar-refractivity contribution >= 4 is 52.6 Å². The fourth-order valence-corrected chi connectivity index (χ4v) is 5.33. The molecule has 0 N–H and O–H groups in total. The van der Waals surface area contributed by atoms with E-state index in [4.69, 9.17) is 20.7 Å². The van der Waals surface area contributed by atoms with E-state index in [0.29, 0.717) is 11.1 Å². The Balaban J connectivity index is 1.93. The van der Waals surface area contributed by atoms with E-state index in [1.165, 1.54) is 14.2 Å². The van der Waals surface area contributed by atoms with E-state index in [2.05, 4.69) is 0 Å². The third-order valence-electron chi connectivity index (χ3n) is 4.55. The first-order chi connectivity index (χ1) is 13.6. The van der Waals surface area contributed by atoms with Crippen LogP contribution in [0.15, 0.2) is 60.9 Å². The summed E-state index contributed by atoms with van der Waals surface area (Å²) < 4.78 is 13.5. The zero-order valence-corrected chi connectivity index (χ0v) is 16.8. The van der Waals surface area contributed by atoms with E-state index in [0.717, 1.165) is 21.8 Å². The summed E-state index contributed by atoms with van der Waals surface area (Å²) in [5.74, 6) is -0.856. The van der Waals surface area contributed by atoms with Crippen LogP contribution in [0, 0.1) is 0 Å². The second-order valence-electron chi connectivity index (χ2n) is 6.03. The molecule has 2 aromatic heterocycles. The monoisotopic (exact) mass is 414 g/mol. The number of carbonyl (C=O) groups excluding carboxylic acids is 2. The summed E-state index contributed by atoms with van der Waals surface area (Å²) in [7, 11) is 1.20. The van der Waals surface area contributed by atoms with Gasteiger partial charge in [0.05, 0.1) is 36.4 Å². The highest BCUT2D eigenvalue weighted by Gasteiger charge is 2.24. The molecule has 0 aliphatic heterocycles. The largest absolute Gasteiger partial charge is 0.465 e. The van der Waals surface area contributed by atoms with Gasteiger partial charge in [0, 0.05) is 23.2 Å². The van der Waals surface area contributed by atoms with Gasteiger partial charge >= 0.3 is 11.9 Å². The number of hydrogen-bond donors (Lipinski definition) is 0. The number of esters is 2. The normalized spacial score (nSPS) is 11.3. The van der Waals surface area contributed by atoms with Crippen molar-refractivity contribution in [3.8, 4) is 0 Å². The van der Waals surface area contributed by atoms with Crippen molar-refractivity contribution in [3.05, 3.63) is 72.1 Å². The summed E-state index contributed by atoms with van der Waals surface area (Å²) in [6.07, 6.45) is 3.39. The Morgan fingerprint density at radius 1 is 0.786 bits per heavy atom. The highest BCUT2D eigenvalue weighted by Crippen LogP contribution is 2.50. The Labute approximate surface area is 166 Å². The van der Waals surface area contributed by atoms with E-state index < -0.39 is 19.5 Å². The lowest BCUT2D eigenvalue weighted by atomic mass is 10.2. The van der Waals surface area contributed by atoms with Crippen molar-refractivity contribution in [2.24, 2.45) is 0 Å². The lowest BCUT2D eigenvalue weighted by Crippen LogP contribution is -2.00. The maximum absolute atomic E-state index is 12.2. The first kappa shape index (κ1) is 18.5. The van der Waals surface area contributed by atoms with Gasteiger partial charge in [-0.3, -0.25) is 8.68 Å². The van der Waals surface area contributed by atoms with Crippen molar-refractivity contribution in [3.63, 3.8) is 0 Å². The molecule has 8 heteroatoms. The number of carbonyl (C=O) groups is 2. The number of rotatable bonds is 4. The van der Waals surface area contributed by atoms with E-state index in [-0.39, 0.29) is 0 Å². The Hall–Kier alpha value is -2.82. The maximum atomic E-state index is 12.2. The van der Waals surface area contributed by atoms with Crippen molar-refractivity contribution < 1.29 is 19.1 Å². The standard InChI is InChI=1S/C20H16ClN2O4P/c1-26-19(24)15-11-22(17-9-5-3-7-13(15)17)28(21)23-12-16(20(25)27-2)14-8-4-6-10-18(14)23/h3-12H,1-2H3. The summed E-state index contributed by atoms with van der Waals surface area (Å²) in [5.41, 5.74) is 2.50. The molecule has 28 heavy (non-hydrogen) atoms. The summed E-state index contributed by atoms with van der Waals surface area (Å²) in [4.78, 5) is 24.4. The second-order valence-corrected chi connectivity index (χ2v) is 8.28. The van der Waals surface area contributed by atoms with Gasteiger partial charge in [0.1, 0.15) is 0 Å². The first-order valence-corrected chi connectivity index (χ1v) is 10.5. The number of ether oxygens (including phenoxy) is 2. The molecule has 2 heterocycles. The van der Waals surface area contributed by atoms with Crippen molar-refractivity contribution in [1.82, 2.24) is 8.68 Å². The predicted molar refractivity (Wildman–Crippen MR) is 110 cm³/mol. The first-order valence-electron chi connectivity index (χ1n) is 8.40. The Morgan fingerprint density at radius 3 is 1.57 bits per heavy atom. The van der Waals surface area contributed by atoms with Gasteiger partial charge < -0.3 is 9.47 Å². The zero-order valence-electron chi connectivity index (χ0n) is 15.1. The molecule has 142 valence electrons. The van der Waals surface area contributed by atoms with Gasteiger partial charge in [0.2, 0.25) is 7.58 Å². The average Bonchev–Trinajstić information content (AvgIpc) is 3.31. The van der Waals surface area contributed by atoms with Gasteiger partial charge in [0.25, 0.3) is 0 Å². The number of methoxy groups -OCH3 is 2. The Bertz CT molecular complexity index is 1120. The highest BCUT2D eigenvalue weighted by atomic mass is 35.7. The van der Waals surface area contributed by atoms with Crippen LogP contribution in [0.4, 0.5) is 0 Å². The molecular weight excluding hydrogens is 399 g/mol. The quantitative estimate of drug-likeness (QED) is 0.347. The second kappa shape index (κ2) is 7.30. The topological polar surface area (TPSA) is 62.5 Å². The number of fused-ring (bicyclic) bond motifs is 2. The van der Waals surface area contributed by atoms with Gasteiger partial charge in [0.15, 0.2) is 0 Å². The van der Waals surface area contributed by atoms with Crippen LogP contribution < -0.4 is 0 Å². The molecule has 0 spiro atoms. The number of para-hydroxylation sites is 2. The van der Waals surface area contributed by atoms with Crippen molar-refractivity contribution in [1.29, 1.82) is 0 Å². The third kappa shape index (κ3) is 2.86. The average molecular weight is 415 g/mol. The van der Waals surface area contributed by atoms with Crippen LogP contribution in [0.2, 0.25) is 0 Å². The smallest absolute Gasteiger partial charge is 0.340 e. The molecule has 0 amide bonds. The molecule has 0 bridgehead atoms. The molecule has 6 nitrogen and oxygen atoms in total. The van der Waals surface area contributed by atoms with Crippen molar-refractivity contribution in [2.75, 3.05) is 14.2 Å². The van der Waals surface area contributed by atoms with Gasteiger partial charge in [-0.15, -0.1) is 0 Å². The van der Waals surface area contributed by atoms with Crippen molar-refractivity contribution in [2.45, 2.75) is 0 Å². The fraction of sp³-hybridized carbons (Fsp3) is 0.100. The molecule has 0 radical (unpaired) electrons. The van der Waals surface area contributed by atoms with Crippen LogP contribution in [0.5, 0.6) is 0 Å². The van der Waals surface area contributed by atoms with E-state index in [9.17, 15) is 9.59 Å². The van der Waals surface area contributed by atoms with E-state index in [1.807, 2.05) is 57.2 Å². The van der Waals surface area contributed by atoms with Crippen LogP contribution in [0.3, 0.4) is 0 Å². The summed E-state index contributed by atoms with van der Waals surface area (Å²) in [6.45, 7) is 0. The molecule has 0 saturated heterocycles. The lowest BCUT2D eigenvalue weighted by Gasteiger charge is -2.15. The maximum Gasteiger partial charge on any atom is 0.340 e. The van der Waals surface area contributed by atoms with Crippen LogP contribution in [0.25, 0.3) is 21.8 Å². The molecule has 2 aromatic carbocycles. The lowest BCUT2D eigenvalue weighted by molar-refractivity contribution is 0.0594. The molecular formula is C20H16ClN2O4P. The summed E-state index contributed by atoms with van der Waals surface area (Å²) in [5, 5.41) is 1.51. The van der Waals surface area contributed by atoms with Crippen LogP contribution in [-0.4, -0.2) is 34.8 Å². The molecule has 4 rings (SSSR count). The van der Waals surface area contributed by atoms with Gasteiger partial charge in [-0.2, -0.15) is 0 Å². The SMILES string of the molecule is COC(=O)c1cn(P(Cl)n2cc(C(=O)OC)c3ccccc32)c2ccccc12. The van der Waals surface area contributed by atoms with E-state index in [1.54, 1.807) is 12.4 Å². The number of aromatic nitrogens is 2. The molecule has 0 atom stereocenters. The predicted octanol–water partition coefficient (Wildman–Crippen LogP) is 5.03. The number of benzene rings is 2. The molecule has 0 aliphatic carbocycles. The number of halogens is 1. The molecule has 0 saturated carbocycles. The minimum atomic E-state index is -1.50. The van der Waals surface area contributed by atoms with Gasteiger partial charge in [-0.1, -0.05) is 36.4 Å². The number of nitrogens with zero attached hydrogens (tertiary/aromatic N) is 2. The highest BCUT2D eigenvalue weighted by molar-refractivity contribution is 7.81. The minimum Gasteiger partial charge on any atom is -0.465 e. The van der Waals surface area contributed by atoms with Gasteiger partial charge in [-0.25, -0.2) is 9.59 Å². The molecule has 4 aromatic rings. The summed E-state index contributed by atoms with van der Waals surface area (Å²) in [6, 6.07) is 15.0. The minimum absolute atomic E-state index is 0.428. The third-order valence-corrected chi connectivity index (χ3v) is 6.90. The van der Waals surface area contributed by atoms with Gasteiger partial charge in [-0.05, 0) is 23.4 Å². The van der Waals surface area contributed by atoms with Crippen LogP contribution in [-0.2, 0) is 9.47 Å². The zero-order chi connectivity index (χ0) is 19.8. The molecule has 0 aliphatic rings. The van der Waals surface area contributed by atoms with Crippen LogP contribution >= 0.6 is 18.8 Å². The fourth-order valence-electron chi connectivity index (χ4n) is 3.25.